The number of nitrogens with one attached hydrogen (secondary N) is 1. The van der Waals surface area contributed by atoms with Crippen molar-refractivity contribution in [2.45, 2.75) is 90.0 Å². The first kappa shape index (κ1) is 22.6. The Labute approximate surface area is 187 Å². The van der Waals surface area contributed by atoms with Gasteiger partial charge >= 0.3 is 0 Å². The van der Waals surface area contributed by atoms with Crippen molar-refractivity contribution >= 4 is 5.91 Å². The molecule has 172 valence electrons. The molecule has 1 amide bonds. The molecule has 0 spiro atoms. The average molecular weight is 429 g/mol. The first-order valence-electron chi connectivity index (χ1n) is 12.2. The molecule has 1 aliphatic carbocycles. The number of ether oxygens (including phenoxy) is 2. The molecule has 1 aromatic carbocycles. The fraction of sp³-hybridized carbons (Fsp3) is 0.731. The highest BCUT2D eigenvalue weighted by molar-refractivity contribution is 5.73. The van der Waals surface area contributed by atoms with E-state index in [0.29, 0.717) is 11.8 Å². The van der Waals surface area contributed by atoms with Crippen LogP contribution in [-0.4, -0.2) is 42.6 Å². The van der Waals surface area contributed by atoms with Crippen molar-refractivity contribution in [1.29, 1.82) is 0 Å². The number of fused-ring (bicyclic) bond motifs is 1. The van der Waals surface area contributed by atoms with Gasteiger partial charge in [0.1, 0.15) is 5.75 Å². The highest BCUT2D eigenvalue weighted by Gasteiger charge is 2.49. The minimum atomic E-state index is -0.230. The lowest BCUT2D eigenvalue weighted by Gasteiger charge is -2.52. The van der Waals surface area contributed by atoms with E-state index in [1.54, 1.807) is 14.0 Å². The molecule has 3 fully saturated rings. The van der Waals surface area contributed by atoms with Crippen LogP contribution in [0.25, 0.3) is 0 Å². The zero-order valence-electron chi connectivity index (χ0n) is 19.8. The van der Waals surface area contributed by atoms with Crippen molar-refractivity contribution in [3.63, 3.8) is 0 Å². The molecule has 5 nitrogen and oxygen atoms in total. The summed E-state index contributed by atoms with van der Waals surface area (Å²) in [6.45, 7) is 9.44. The average Bonchev–Trinajstić information content (AvgIpc) is 2.73. The molecule has 31 heavy (non-hydrogen) atoms. The molecule has 0 unspecified atom stereocenters. The highest BCUT2D eigenvalue weighted by Crippen LogP contribution is 2.48. The number of carbonyl (C=O) groups excluding carboxylic acids is 1. The molecule has 2 aliphatic heterocycles. The van der Waals surface area contributed by atoms with Crippen LogP contribution in [0, 0.1) is 11.8 Å². The standard InChI is InChI=1S/C26H40N2O3/c1-18-8-10-22-24(14-18)31-25(16-26(22,3)27-19(2)29)20-9-11-23(30-4)21(15-20)17-28-12-6-5-7-13-28/h9,11,15,18,22,24-25H,5-8,10,12-14,16-17H2,1-4H3,(H,27,29)/t18-,22-,24-,25-,26+/m1/s1. The maximum absolute atomic E-state index is 12.1. The smallest absolute Gasteiger partial charge is 0.217 e. The molecule has 5 heteroatoms. The van der Waals surface area contributed by atoms with Crippen LogP contribution in [0.2, 0.25) is 0 Å². The maximum atomic E-state index is 12.1. The van der Waals surface area contributed by atoms with Gasteiger partial charge < -0.3 is 14.8 Å². The summed E-state index contributed by atoms with van der Waals surface area (Å²) in [5.74, 6) is 2.07. The van der Waals surface area contributed by atoms with Crippen molar-refractivity contribution < 1.29 is 14.3 Å². The third kappa shape index (κ3) is 5.09. The van der Waals surface area contributed by atoms with Crippen LogP contribution in [0.4, 0.5) is 0 Å². The number of methoxy groups -OCH3 is 1. The number of piperidine rings is 1. The maximum Gasteiger partial charge on any atom is 0.217 e. The van der Waals surface area contributed by atoms with Crippen molar-refractivity contribution in [3.8, 4) is 5.75 Å². The quantitative estimate of drug-likeness (QED) is 0.729. The molecule has 1 aromatic rings. The lowest BCUT2D eigenvalue weighted by Crippen LogP contribution is -2.60. The van der Waals surface area contributed by atoms with Gasteiger partial charge in [0, 0.05) is 36.9 Å². The van der Waals surface area contributed by atoms with Gasteiger partial charge in [0.05, 0.1) is 19.3 Å². The molecular formula is C26H40N2O3. The number of likely N-dealkylation sites (tertiary alicyclic amines) is 1. The van der Waals surface area contributed by atoms with E-state index in [4.69, 9.17) is 9.47 Å². The van der Waals surface area contributed by atoms with Crippen LogP contribution in [-0.2, 0) is 16.1 Å². The molecule has 0 radical (unpaired) electrons. The third-order valence-corrected chi connectivity index (χ3v) is 7.80. The van der Waals surface area contributed by atoms with E-state index in [1.165, 1.54) is 36.8 Å². The van der Waals surface area contributed by atoms with Gasteiger partial charge in [-0.05, 0) is 69.3 Å². The SMILES string of the molecule is COc1ccc([C@H]2C[C@](C)(NC(C)=O)[C@@H]3CC[C@@H](C)C[C@H]3O2)cc1CN1CCCCC1. The number of rotatable bonds is 5. The minimum absolute atomic E-state index is 0.00517. The van der Waals surface area contributed by atoms with Gasteiger partial charge in [0.15, 0.2) is 0 Å². The normalized spacial score (nSPS) is 34.1. The van der Waals surface area contributed by atoms with Crippen LogP contribution < -0.4 is 10.1 Å². The van der Waals surface area contributed by atoms with E-state index in [9.17, 15) is 4.79 Å². The fourth-order valence-corrected chi connectivity index (χ4v) is 6.23. The number of amides is 1. The predicted molar refractivity (Wildman–Crippen MR) is 123 cm³/mol. The van der Waals surface area contributed by atoms with Gasteiger partial charge in [-0.15, -0.1) is 0 Å². The van der Waals surface area contributed by atoms with E-state index < -0.39 is 0 Å². The second kappa shape index (κ2) is 9.50. The molecular weight excluding hydrogens is 388 g/mol. The summed E-state index contributed by atoms with van der Waals surface area (Å²) in [6, 6.07) is 6.55. The van der Waals surface area contributed by atoms with Crippen LogP contribution in [0.5, 0.6) is 5.75 Å². The second-order valence-corrected chi connectivity index (χ2v) is 10.4. The lowest BCUT2D eigenvalue weighted by molar-refractivity contribution is -0.153. The summed E-state index contributed by atoms with van der Waals surface area (Å²) in [5, 5.41) is 3.32. The summed E-state index contributed by atoms with van der Waals surface area (Å²) in [7, 11) is 1.76. The van der Waals surface area contributed by atoms with Crippen LogP contribution in [0.3, 0.4) is 0 Å². The Hall–Kier alpha value is -1.59. The Bertz CT molecular complexity index is 776. The van der Waals surface area contributed by atoms with Crippen molar-refractivity contribution in [2.24, 2.45) is 11.8 Å². The first-order chi connectivity index (χ1) is 14.9. The first-order valence-corrected chi connectivity index (χ1v) is 12.2. The van der Waals surface area contributed by atoms with Crippen LogP contribution >= 0.6 is 0 Å². The Kier molecular flexibility index (Phi) is 6.92. The summed E-state index contributed by atoms with van der Waals surface area (Å²) in [5.41, 5.74) is 2.22. The Balaban J connectivity index is 1.59. The summed E-state index contributed by atoms with van der Waals surface area (Å²) in [4.78, 5) is 14.6. The summed E-state index contributed by atoms with van der Waals surface area (Å²) >= 11 is 0. The van der Waals surface area contributed by atoms with E-state index in [0.717, 1.165) is 44.6 Å². The number of benzene rings is 1. The number of hydrogen-bond acceptors (Lipinski definition) is 4. The number of carbonyl (C=O) groups is 1. The highest BCUT2D eigenvalue weighted by atomic mass is 16.5. The Morgan fingerprint density at radius 3 is 2.74 bits per heavy atom. The minimum Gasteiger partial charge on any atom is -0.496 e. The van der Waals surface area contributed by atoms with Gasteiger partial charge in [0.25, 0.3) is 0 Å². The Morgan fingerprint density at radius 2 is 2.03 bits per heavy atom. The predicted octanol–water partition coefficient (Wildman–Crippen LogP) is 4.84. The van der Waals surface area contributed by atoms with E-state index in [-0.39, 0.29) is 23.7 Å². The van der Waals surface area contributed by atoms with E-state index in [2.05, 4.69) is 42.3 Å². The topological polar surface area (TPSA) is 50.8 Å². The summed E-state index contributed by atoms with van der Waals surface area (Å²) < 4.78 is 12.4. The molecule has 2 heterocycles. The molecule has 1 saturated carbocycles. The monoisotopic (exact) mass is 428 g/mol. The molecule has 5 atom stereocenters. The fourth-order valence-electron chi connectivity index (χ4n) is 6.23. The molecule has 0 bridgehead atoms. The lowest BCUT2D eigenvalue weighted by atomic mass is 9.66. The van der Waals surface area contributed by atoms with Crippen molar-refractivity contribution in [3.05, 3.63) is 29.3 Å². The van der Waals surface area contributed by atoms with Gasteiger partial charge in [-0.2, -0.15) is 0 Å². The van der Waals surface area contributed by atoms with Crippen molar-refractivity contribution in [1.82, 2.24) is 10.2 Å². The van der Waals surface area contributed by atoms with Gasteiger partial charge in [-0.3, -0.25) is 9.69 Å². The van der Waals surface area contributed by atoms with E-state index in [1.807, 2.05) is 0 Å². The molecule has 1 N–H and O–H groups in total. The molecule has 3 aliphatic rings. The largest absolute Gasteiger partial charge is 0.496 e. The van der Waals surface area contributed by atoms with Crippen LogP contribution in [0.15, 0.2) is 18.2 Å². The summed E-state index contributed by atoms with van der Waals surface area (Å²) in [6.07, 6.45) is 8.33. The number of nitrogens with zero attached hydrogens (tertiary/aromatic N) is 1. The zero-order valence-corrected chi connectivity index (χ0v) is 19.8. The van der Waals surface area contributed by atoms with Gasteiger partial charge in [-0.1, -0.05) is 25.8 Å². The third-order valence-electron chi connectivity index (χ3n) is 7.80. The van der Waals surface area contributed by atoms with Crippen LogP contribution in [0.1, 0.15) is 82.9 Å². The zero-order chi connectivity index (χ0) is 22.0. The molecule has 2 saturated heterocycles. The van der Waals surface area contributed by atoms with Crippen molar-refractivity contribution in [2.75, 3.05) is 20.2 Å². The van der Waals surface area contributed by atoms with Gasteiger partial charge in [-0.25, -0.2) is 0 Å². The molecule has 0 aromatic heterocycles. The van der Waals surface area contributed by atoms with E-state index >= 15 is 0 Å². The molecule has 4 rings (SSSR count). The Morgan fingerprint density at radius 1 is 1.26 bits per heavy atom. The second-order valence-electron chi connectivity index (χ2n) is 10.4. The number of hydrogen-bond donors (Lipinski definition) is 1. The van der Waals surface area contributed by atoms with Gasteiger partial charge in [0.2, 0.25) is 5.91 Å².